The van der Waals surface area contributed by atoms with Gasteiger partial charge in [-0.3, -0.25) is 4.84 Å². The van der Waals surface area contributed by atoms with Crippen LogP contribution in [0.25, 0.3) is 0 Å². The van der Waals surface area contributed by atoms with Crippen molar-refractivity contribution in [1.29, 1.82) is 0 Å². The Balaban J connectivity index is -0.000000135. The summed E-state index contributed by atoms with van der Waals surface area (Å²) in [6.07, 6.45) is -0.542. The first-order valence-electron chi connectivity index (χ1n) is 2.62. The Hall–Kier alpha value is 1.07. The van der Waals surface area contributed by atoms with E-state index < -0.39 is 6.09 Å². The second-order valence-corrected chi connectivity index (χ2v) is 2.39. The summed E-state index contributed by atoms with van der Waals surface area (Å²) in [6.45, 7) is 1.52. The average Bonchev–Trinajstić information content (AvgIpc) is 1.82. The number of nitrogens with zero attached hydrogens (tertiary/aromatic N) is 2. The molecule has 0 fully saturated rings. The predicted molar refractivity (Wildman–Crippen MR) is 44.9 cm³/mol. The van der Waals surface area contributed by atoms with Crippen LogP contribution in [0.4, 0.5) is 4.79 Å². The topological polar surface area (TPSA) is 41.9 Å². The fourth-order valence-corrected chi connectivity index (χ4v) is 0.218. The van der Waals surface area contributed by atoms with Crippen LogP contribution < -0.4 is 24.8 Å². The molecule has 0 rings (SSSR count). The minimum Gasteiger partial charge on any atom is -1.00 e. The summed E-state index contributed by atoms with van der Waals surface area (Å²) in [5.41, 5.74) is 0. The maximum absolute atomic E-state index is 10.6. The first-order valence-corrected chi connectivity index (χ1v) is 3.00. The number of rotatable bonds is 1. The molecule has 0 aliphatic heterocycles. The zero-order valence-corrected chi connectivity index (χ0v) is 12.0. The van der Waals surface area contributed by atoms with Crippen molar-refractivity contribution in [3.05, 3.63) is 0 Å². The Bertz CT molecular complexity index is 162. The molecule has 0 aliphatic carbocycles. The maximum Gasteiger partial charge on any atom is 2.00 e. The maximum atomic E-state index is 10.6. The number of hydrogen-bond donors (Lipinski definition) is 0. The van der Waals surface area contributed by atoms with Crippen LogP contribution in [0.5, 0.6) is 0 Å². The van der Waals surface area contributed by atoms with Crippen molar-refractivity contribution in [1.82, 2.24) is 4.90 Å². The molecule has 0 aromatic rings. The van der Waals surface area contributed by atoms with Crippen molar-refractivity contribution in [2.75, 3.05) is 14.1 Å². The van der Waals surface area contributed by atoms with E-state index in [0.717, 1.165) is 0 Å². The van der Waals surface area contributed by atoms with Crippen molar-refractivity contribution in [2.24, 2.45) is 5.16 Å². The van der Waals surface area contributed by atoms with Crippen molar-refractivity contribution < 1.29 is 34.4 Å². The van der Waals surface area contributed by atoms with Crippen LogP contribution in [0.2, 0.25) is 0 Å². The molecule has 1 amide bonds. The Kier molecular flexibility index (Phi) is 23.8. The molecule has 4 nitrogen and oxygen atoms in total. The van der Waals surface area contributed by atoms with Crippen LogP contribution in [0, 0.1) is 0 Å². The number of hydrogen-bond acceptors (Lipinski definition) is 3. The number of carbonyl (C=O) groups excluding carboxylic acids is 1. The summed E-state index contributed by atoms with van der Waals surface area (Å²) in [4.78, 5) is 16.1. The van der Waals surface area contributed by atoms with Crippen LogP contribution in [-0.4, -0.2) is 68.0 Å². The number of amides is 1. The number of carbonyl (C=O) groups is 1. The molecule has 0 aromatic carbocycles. The third-order valence-electron chi connectivity index (χ3n) is 0.615. The van der Waals surface area contributed by atoms with Gasteiger partial charge in [-0.05, 0) is 6.92 Å². The van der Waals surface area contributed by atoms with Gasteiger partial charge in [-0.2, -0.15) is 0 Å². The molecule has 0 atom stereocenters. The van der Waals surface area contributed by atoms with Crippen LogP contribution >= 0.6 is 11.6 Å². The van der Waals surface area contributed by atoms with Crippen LogP contribution in [-0.2, 0) is 4.84 Å². The molecule has 0 aromatic heterocycles. The number of oxime groups is 1. The van der Waals surface area contributed by atoms with E-state index in [1.165, 1.54) is 11.8 Å². The smallest absolute Gasteiger partial charge is 1.00 e. The molecule has 0 saturated heterocycles. The van der Waals surface area contributed by atoms with Crippen LogP contribution in [0.1, 0.15) is 6.92 Å². The van der Waals surface area contributed by atoms with E-state index >= 15 is 0 Å². The standard InChI is InChI=1S/C5H9ClN2O2.Ca.2ClH/c1-4(6)7-10-5(9)8(2)3;;;/h1-3H3;;2*1H/q;+2;;/p-2/b7-4+;;;. The molecule has 74 valence electrons. The molecule has 0 heterocycles. The molecule has 8 heteroatoms. The van der Waals surface area contributed by atoms with Crippen molar-refractivity contribution >= 4 is 60.6 Å². The summed E-state index contributed by atoms with van der Waals surface area (Å²) < 4.78 is 0. The number of halogens is 3. The second-order valence-electron chi connectivity index (χ2n) is 1.84. The van der Waals surface area contributed by atoms with E-state index in [4.69, 9.17) is 11.6 Å². The van der Waals surface area contributed by atoms with Crippen LogP contribution in [0.15, 0.2) is 5.16 Å². The second kappa shape index (κ2) is 13.1. The van der Waals surface area contributed by atoms with E-state index in [9.17, 15) is 4.79 Å². The average molecular weight is 276 g/mol. The fraction of sp³-hybridized carbons (Fsp3) is 0.600. The predicted octanol–water partition coefficient (Wildman–Crippen LogP) is -5.12. The molecule has 0 radical (unpaired) electrons. The van der Waals surface area contributed by atoms with Gasteiger partial charge in [0.05, 0.1) is 0 Å². The Morgan fingerprint density at radius 1 is 1.38 bits per heavy atom. The van der Waals surface area contributed by atoms with Gasteiger partial charge in [0.2, 0.25) is 0 Å². The first kappa shape index (κ1) is 23.7. The van der Waals surface area contributed by atoms with Gasteiger partial charge in [0.25, 0.3) is 0 Å². The Morgan fingerprint density at radius 2 is 1.77 bits per heavy atom. The van der Waals surface area contributed by atoms with Gasteiger partial charge in [-0.25, -0.2) is 4.79 Å². The van der Waals surface area contributed by atoms with E-state index in [2.05, 4.69) is 9.99 Å². The molecule has 0 spiro atoms. The van der Waals surface area contributed by atoms with Gasteiger partial charge >= 0.3 is 43.8 Å². The van der Waals surface area contributed by atoms with E-state index in [1.807, 2.05) is 0 Å². The van der Waals surface area contributed by atoms with E-state index in [-0.39, 0.29) is 67.7 Å². The third kappa shape index (κ3) is 15.8. The summed E-state index contributed by atoms with van der Waals surface area (Å²) in [6, 6.07) is 0. The summed E-state index contributed by atoms with van der Waals surface area (Å²) >= 11 is 5.28. The van der Waals surface area contributed by atoms with Crippen molar-refractivity contribution in [3.8, 4) is 0 Å². The normalized spacial score (nSPS) is 8.46. The minimum atomic E-state index is -0.542. The first-order chi connectivity index (χ1) is 4.54. The quantitative estimate of drug-likeness (QED) is 0.208. The molecule has 0 saturated carbocycles. The van der Waals surface area contributed by atoms with Gasteiger partial charge < -0.3 is 29.7 Å². The molecular weight excluding hydrogens is 267 g/mol. The zero-order valence-electron chi connectivity index (χ0n) is 7.55. The molecule has 0 bridgehead atoms. The van der Waals surface area contributed by atoms with E-state index in [1.54, 1.807) is 14.1 Å². The summed E-state index contributed by atoms with van der Waals surface area (Å²) in [5.74, 6) is 0. The molecule has 0 aliphatic rings. The fourth-order valence-electron chi connectivity index (χ4n) is 0.184. The summed E-state index contributed by atoms with van der Waals surface area (Å²) in [5, 5.41) is 3.43. The van der Waals surface area contributed by atoms with Crippen molar-refractivity contribution in [3.63, 3.8) is 0 Å². The largest absolute Gasteiger partial charge is 2.00 e. The minimum absolute atomic E-state index is 0. The zero-order chi connectivity index (χ0) is 8.15. The molecule has 13 heavy (non-hydrogen) atoms. The molecule has 0 N–H and O–H groups in total. The summed E-state index contributed by atoms with van der Waals surface area (Å²) in [7, 11) is 3.11. The van der Waals surface area contributed by atoms with Gasteiger partial charge in [0, 0.05) is 14.1 Å². The monoisotopic (exact) mass is 274 g/mol. The molecular formula is C5H9CaCl3N2O2. The SMILES string of the molecule is C/C(Cl)=N\OC(=O)N(C)C.[Ca+2].[Cl-].[Cl-]. The van der Waals surface area contributed by atoms with E-state index in [0.29, 0.717) is 0 Å². The van der Waals surface area contributed by atoms with Gasteiger partial charge in [0.15, 0.2) is 0 Å². The van der Waals surface area contributed by atoms with Crippen LogP contribution in [0.3, 0.4) is 0 Å². The van der Waals surface area contributed by atoms with Gasteiger partial charge in [-0.15, -0.1) is 0 Å². The van der Waals surface area contributed by atoms with Gasteiger partial charge in [0.1, 0.15) is 5.17 Å². The Morgan fingerprint density at radius 3 is 2.00 bits per heavy atom. The van der Waals surface area contributed by atoms with Crippen molar-refractivity contribution in [2.45, 2.75) is 6.92 Å². The third-order valence-corrected chi connectivity index (χ3v) is 0.684. The molecule has 0 unspecified atom stereocenters. The van der Waals surface area contributed by atoms with Gasteiger partial charge in [-0.1, -0.05) is 16.8 Å². The Labute approximate surface area is 125 Å².